The van der Waals surface area contributed by atoms with Crippen molar-refractivity contribution in [2.45, 2.75) is 0 Å². The van der Waals surface area contributed by atoms with Crippen LogP contribution in [0.25, 0.3) is 11.5 Å². The van der Waals surface area contributed by atoms with Crippen LogP contribution in [0.2, 0.25) is 5.35 Å². The molecule has 12 heavy (non-hydrogen) atoms. The molecule has 0 saturated heterocycles. The number of furan rings is 1. The van der Waals surface area contributed by atoms with E-state index >= 15 is 0 Å². The minimum Gasteiger partial charge on any atom is -0.446 e. The fourth-order valence-electron chi connectivity index (χ4n) is 0.813. The Morgan fingerprint density at radius 1 is 1.25 bits per heavy atom. The van der Waals surface area contributed by atoms with E-state index < -0.39 is 0 Å². The van der Waals surface area contributed by atoms with Crippen molar-refractivity contribution >= 4 is 27.5 Å². The Morgan fingerprint density at radius 3 is 2.58 bits per heavy atom. The van der Waals surface area contributed by atoms with Crippen LogP contribution in [0, 0.1) is 0 Å². The fraction of sp³-hybridized carbons (Fsp3) is 0. The SMILES string of the molecule is Clc1ncc(-c2ccc(Br)o2)o1. The minimum absolute atomic E-state index is 0.109. The molecule has 3 nitrogen and oxygen atoms in total. The standard InChI is InChI=1S/C7H3BrClNO2/c8-6-2-1-4(11-6)5-3-10-7(9)12-5/h1-3H. The highest BCUT2D eigenvalue weighted by atomic mass is 79.9. The molecule has 0 radical (unpaired) electrons. The number of aromatic nitrogens is 1. The predicted molar refractivity (Wildman–Crippen MR) is 46.9 cm³/mol. The highest BCUT2D eigenvalue weighted by Gasteiger charge is 2.07. The van der Waals surface area contributed by atoms with Crippen LogP contribution in [0.1, 0.15) is 0 Å². The summed E-state index contributed by atoms with van der Waals surface area (Å²) in [6, 6.07) is 3.53. The first-order chi connectivity index (χ1) is 5.75. The summed E-state index contributed by atoms with van der Waals surface area (Å²) in [5.41, 5.74) is 0. The monoisotopic (exact) mass is 247 g/mol. The Morgan fingerprint density at radius 2 is 2.08 bits per heavy atom. The van der Waals surface area contributed by atoms with Gasteiger partial charge in [0.05, 0.1) is 6.20 Å². The normalized spacial score (nSPS) is 10.5. The van der Waals surface area contributed by atoms with Gasteiger partial charge in [0.1, 0.15) is 0 Å². The first-order valence-electron chi connectivity index (χ1n) is 3.13. The van der Waals surface area contributed by atoms with E-state index in [0.29, 0.717) is 16.2 Å². The van der Waals surface area contributed by atoms with Crippen molar-refractivity contribution in [2.75, 3.05) is 0 Å². The summed E-state index contributed by atoms with van der Waals surface area (Å²) in [5.74, 6) is 1.12. The van der Waals surface area contributed by atoms with Crippen molar-refractivity contribution in [3.05, 3.63) is 28.3 Å². The van der Waals surface area contributed by atoms with Gasteiger partial charge in [-0.05, 0) is 39.7 Å². The topological polar surface area (TPSA) is 39.2 Å². The molecule has 2 aromatic rings. The van der Waals surface area contributed by atoms with Crippen molar-refractivity contribution < 1.29 is 8.83 Å². The zero-order valence-electron chi connectivity index (χ0n) is 5.75. The molecule has 0 saturated carbocycles. The average Bonchev–Trinajstić information content (AvgIpc) is 2.58. The number of halogens is 2. The van der Waals surface area contributed by atoms with Gasteiger partial charge in [0.2, 0.25) is 0 Å². The second kappa shape index (κ2) is 2.95. The van der Waals surface area contributed by atoms with E-state index in [2.05, 4.69) is 20.9 Å². The molecule has 0 aliphatic carbocycles. The van der Waals surface area contributed by atoms with Gasteiger partial charge in [0, 0.05) is 0 Å². The van der Waals surface area contributed by atoms with Crippen molar-refractivity contribution in [1.29, 1.82) is 0 Å². The summed E-state index contributed by atoms with van der Waals surface area (Å²) in [6.07, 6.45) is 1.51. The lowest BCUT2D eigenvalue weighted by atomic mass is 10.4. The van der Waals surface area contributed by atoms with Crippen molar-refractivity contribution in [2.24, 2.45) is 0 Å². The van der Waals surface area contributed by atoms with Gasteiger partial charge in [-0.25, -0.2) is 4.98 Å². The molecule has 0 amide bonds. The Kier molecular flexibility index (Phi) is 1.94. The maximum Gasteiger partial charge on any atom is 0.292 e. The molecule has 0 aliphatic heterocycles. The van der Waals surface area contributed by atoms with Gasteiger partial charge in [-0.2, -0.15) is 0 Å². The molecule has 2 aromatic heterocycles. The van der Waals surface area contributed by atoms with Crippen LogP contribution in [0.3, 0.4) is 0 Å². The van der Waals surface area contributed by atoms with E-state index in [-0.39, 0.29) is 5.35 Å². The van der Waals surface area contributed by atoms with E-state index in [9.17, 15) is 0 Å². The maximum atomic E-state index is 5.49. The van der Waals surface area contributed by atoms with Gasteiger partial charge in [-0.15, -0.1) is 0 Å². The van der Waals surface area contributed by atoms with Gasteiger partial charge in [-0.1, -0.05) is 0 Å². The molecule has 0 bridgehead atoms. The molecule has 2 rings (SSSR count). The van der Waals surface area contributed by atoms with Crippen LogP contribution in [0.4, 0.5) is 0 Å². The van der Waals surface area contributed by atoms with Gasteiger partial charge in [0.15, 0.2) is 16.2 Å². The van der Waals surface area contributed by atoms with E-state index in [1.54, 1.807) is 12.1 Å². The number of rotatable bonds is 1. The lowest BCUT2D eigenvalue weighted by molar-refractivity contribution is 0.509. The van der Waals surface area contributed by atoms with E-state index in [1.165, 1.54) is 6.20 Å². The lowest BCUT2D eigenvalue weighted by Crippen LogP contribution is -1.62. The van der Waals surface area contributed by atoms with Crippen LogP contribution in [-0.4, -0.2) is 4.98 Å². The van der Waals surface area contributed by atoms with Crippen LogP contribution in [0.15, 0.2) is 31.8 Å². The third kappa shape index (κ3) is 1.40. The summed E-state index contributed by atoms with van der Waals surface area (Å²) in [7, 11) is 0. The van der Waals surface area contributed by atoms with Crippen molar-refractivity contribution in [1.82, 2.24) is 4.98 Å². The number of hydrogen-bond acceptors (Lipinski definition) is 3. The molecule has 0 aliphatic rings. The largest absolute Gasteiger partial charge is 0.446 e. The van der Waals surface area contributed by atoms with Gasteiger partial charge in [-0.3, -0.25) is 0 Å². The molecule has 62 valence electrons. The quantitative estimate of drug-likeness (QED) is 0.777. The first kappa shape index (κ1) is 7.89. The van der Waals surface area contributed by atoms with Crippen molar-refractivity contribution in [3.8, 4) is 11.5 Å². The smallest absolute Gasteiger partial charge is 0.292 e. The fourth-order valence-corrected chi connectivity index (χ4v) is 1.25. The summed E-state index contributed by atoms with van der Waals surface area (Å²) in [6.45, 7) is 0. The van der Waals surface area contributed by atoms with Crippen molar-refractivity contribution in [3.63, 3.8) is 0 Å². The Hall–Kier alpha value is -0.740. The summed E-state index contributed by atoms with van der Waals surface area (Å²) in [4.78, 5) is 3.73. The molecular formula is C7H3BrClNO2. The van der Waals surface area contributed by atoms with Gasteiger partial charge in [0.25, 0.3) is 5.35 Å². The highest BCUT2D eigenvalue weighted by molar-refractivity contribution is 9.10. The zero-order valence-corrected chi connectivity index (χ0v) is 8.09. The molecule has 0 spiro atoms. The molecule has 5 heteroatoms. The lowest BCUT2D eigenvalue weighted by Gasteiger charge is -1.85. The molecular weight excluding hydrogens is 245 g/mol. The molecule has 0 aromatic carbocycles. The number of oxazole rings is 1. The number of nitrogens with zero attached hydrogens (tertiary/aromatic N) is 1. The third-order valence-corrected chi connectivity index (χ3v) is 1.89. The maximum absolute atomic E-state index is 5.49. The number of hydrogen-bond donors (Lipinski definition) is 0. The van der Waals surface area contributed by atoms with Crippen LogP contribution in [-0.2, 0) is 0 Å². The van der Waals surface area contributed by atoms with Crippen LogP contribution >= 0.6 is 27.5 Å². The van der Waals surface area contributed by atoms with E-state index in [1.807, 2.05) is 0 Å². The Bertz CT molecular complexity index is 357. The van der Waals surface area contributed by atoms with Gasteiger partial charge < -0.3 is 8.83 Å². The zero-order chi connectivity index (χ0) is 8.55. The Balaban J connectivity index is 2.43. The Labute approximate surface area is 81.5 Å². The molecule has 0 fully saturated rings. The van der Waals surface area contributed by atoms with E-state index in [0.717, 1.165) is 0 Å². The molecule has 0 unspecified atom stereocenters. The average molecular weight is 248 g/mol. The van der Waals surface area contributed by atoms with Crippen LogP contribution < -0.4 is 0 Å². The second-order valence-corrected chi connectivity index (χ2v) is 3.19. The summed E-state index contributed by atoms with van der Waals surface area (Å²) >= 11 is 8.66. The second-order valence-electron chi connectivity index (χ2n) is 2.08. The predicted octanol–water partition coefficient (Wildman–Crippen LogP) is 3.35. The summed E-state index contributed by atoms with van der Waals surface area (Å²) < 4.78 is 10.9. The molecule has 2 heterocycles. The summed E-state index contributed by atoms with van der Waals surface area (Å²) in [5, 5.41) is 0.109. The molecule has 0 N–H and O–H groups in total. The van der Waals surface area contributed by atoms with Gasteiger partial charge >= 0.3 is 0 Å². The first-order valence-corrected chi connectivity index (χ1v) is 4.30. The minimum atomic E-state index is 0.109. The molecule has 0 atom stereocenters. The third-order valence-electron chi connectivity index (χ3n) is 1.29. The highest BCUT2D eigenvalue weighted by Crippen LogP contribution is 2.26. The van der Waals surface area contributed by atoms with Crippen LogP contribution in [0.5, 0.6) is 0 Å². The van der Waals surface area contributed by atoms with E-state index in [4.69, 9.17) is 20.4 Å².